The van der Waals surface area contributed by atoms with E-state index in [2.05, 4.69) is 63.2 Å². The molecular formula is C29H48O2Si. The van der Waals surface area contributed by atoms with Gasteiger partial charge in [-0.2, -0.15) is 0 Å². The average Bonchev–Trinajstić information content (AvgIpc) is 2.83. The number of hydrogen-bond acceptors (Lipinski definition) is 2. The second-order valence-electron chi connectivity index (χ2n) is 9.29. The van der Waals surface area contributed by atoms with Crippen molar-refractivity contribution in [2.24, 2.45) is 0 Å². The molecule has 0 unspecified atom stereocenters. The van der Waals surface area contributed by atoms with Crippen molar-refractivity contribution in [3.8, 4) is 5.75 Å². The Morgan fingerprint density at radius 3 is 1.72 bits per heavy atom. The van der Waals surface area contributed by atoms with Crippen molar-refractivity contribution in [2.75, 3.05) is 6.61 Å². The summed E-state index contributed by atoms with van der Waals surface area (Å²) in [5, 5.41) is 2.43. The fourth-order valence-corrected chi connectivity index (χ4v) is 6.84. The standard InChI is InChI=1S/C29H48O2Si/c1-4-7-8-9-10-11-12-13-14-15-16-17-20-26-30-32(5-2,6-3)31-29-25-21-23-27-22-18-19-24-28(27)29/h18-19,21-25H,4-17,20,26H2,1-3H3. The summed E-state index contributed by atoms with van der Waals surface area (Å²) in [7, 11) is -2.20. The normalized spacial score (nSPS) is 11.8. The first-order valence-electron chi connectivity index (χ1n) is 13.6. The molecule has 0 N–H and O–H groups in total. The largest absolute Gasteiger partial charge is 0.520 e. The minimum Gasteiger partial charge on any atom is -0.520 e. The molecule has 0 aliphatic carbocycles. The summed E-state index contributed by atoms with van der Waals surface area (Å²) in [4.78, 5) is 0. The quantitative estimate of drug-likeness (QED) is 0.155. The molecule has 2 nitrogen and oxygen atoms in total. The first-order chi connectivity index (χ1) is 15.7. The lowest BCUT2D eigenvalue weighted by Gasteiger charge is -2.30. The maximum atomic E-state index is 6.64. The summed E-state index contributed by atoms with van der Waals surface area (Å²) in [6.45, 7) is 7.59. The molecule has 0 fully saturated rings. The average molecular weight is 457 g/mol. The minimum atomic E-state index is -2.20. The van der Waals surface area contributed by atoms with Gasteiger partial charge < -0.3 is 8.85 Å². The van der Waals surface area contributed by atoms with Crippen LogP contribution in [0.15, 0.2) is 42.5 Å². The highest BCUT2D eigenvalue weighted by atomic mass is 28.4. The lowest BCUT2D eigenvalue weighted by atomic mass is 10.0. The molecule has 0 saturated carbocycles. The smallest absolute Gasteiger partial charge is 0.398 e. The molecule has 0 aromatic heterocycles. The molecule has 0 bridgehead atoms. The van der Waals surface area contributed by atoms with Crippen LogP contribution in [0.5, 0.6) is 5.75 Å². The number of fused-ring (bicyclic) bond motifs is 1. The molecule has 180 valence electrons. The molecule has 3 heteroatoms. The van der Waals surface area contributed by atoms with Crippen LogP contribution >= 0.6 is 0 Å². The van der Waals surface area contributed by atoms with Crippen molar-refractivity contribution in [1.29, 1.82) is 0 Å². The van der Waals surface area contributed by atoms with Crippen molar-refractivity contribution in [1.82, 2.24) is 0 Å². The maximum absolute atomic E-state index is 6.64. The van der Waals surface area contributed by atoms with E-state index >= 15 is 0 Å². The SMILES string of the molecule is CCCCCCCCCCCCCCCO[Si](CC)(CC)Oc1cccc2ccccc12. The molecule has 0 radical (unpaired) electrons. The van der Waals surface area contributed by atoms with E-state index in [0.717, 1.165) is 30.9 Å². The third-order valence-electron chi connectivity index (χ3n) is 6.74. The van der Waals surface area contributed by atoms with Gasteiger partial charge in [-0.05, 0) is 30.0 Å². The minimum absolute atomic E-state index is 0.844. The van der Waals surface area contributed by atoms with E-state index < -0.39 is 8.56 Å². The van der Waals surface area contributed by atoms with E-state index in [0.29, 0.717) is 0 Å². The van der Waals surface area contributed by atoms with Crippen molar-refractivity contribution in [3.63, 3.8) is 0 Å². The fourth-order valence-electron chi connectivity index (χ4n) is 4.49. The molecule has 0 saturated heterocycles. The Morgan fingerprint density at radius 2 is 1.12 bits per heavy atom. The molecule has 32 heavy (non-hydrogen) atoms. The molecule has 0 amide bonds. The molecule has 2 rings (SSSR count). The van der Waals surface area contributed by atoms with Gasteiger partial charge in [-0.25, -0.2) is 0 Å². The maximum Gasteiger partial charge on any atom is 0.398 e. The van der Waals surface area contributed by atoms with Crippen molar-refractivity contribution in [3.05, 3.63) is 42.5 Å². The van der Waals surface area contributed by atoms with Gasteiger partial charge in [-0.15, -0.1) is 0 Å². The van der Waals surface area contributed by atoms with Gasteiger partial charge in [0.1, 0.15) is 5.75 Å². The predicted molar refractivity (Wildman–Crippen MR) is 143 cm³/mol. The Hall–Kier alpha value is -1.32. The van der Waals surface area contributed by atoms with Gasteiger partial charge in [-0.3, -0.25) is 0 Å². The highest BCUT2D eigenvalue weighted by Gasteiger charge is 2.36. The highest BCUT2D eigenvalue weighted by Crippen LogP contribution is 2.30. The fraction of sp³-hybridized carbons (Fsp3) is 0.655. The van der Waals surface area contributed by atoms with Crippen LogP contribution in [0.25, 0.3) is 10.8 Å². The molecule has 0 aliphatic rings. The Labute approximate surface area is 199 Å². The van der Waals surface area contributed by atoms with Gasteiger partial charge in [0.2, 0.25) is 0 Å². The monoisotopic (exact) mass is 456 g/mol. The first-order valence-corrected chi connectivity index (χ1v) is 15.8. The summed E-state index contributed by atoms with van der Waals surface area (Å²) in [6, 6.07) is 16.8. The number of unbranched alkanes of at least 4 members (excludes halogenated alkanes) is 12. The zero-order chi connectivity index (χ0) is 22.9. The van der Waals surface area contributed by atoms with Crippen LogP contribution in [0.1, 0.15) is 104 Å². The van der Waals surface area contributed by atoms with Crippen LogP contribution < -0.4 is 4.43 Å². The zero-order valence-corrected chi connectivity index (χ0v) is 22.2. The van der Waals surface area contributed by atoms with Crippen LogP contribution in [-0.2, 0) is 4.43 Å². The third kappa shape index (κ3) is 9.66. The topological polar surface area (TPSA) is 18.5 Å². The van der Waals surface area contributed by atoms with E-state index in [4.69, 9.17) is 8.85 Å². The van der Waals surface area contributed by atoms with Gasteiger partial charge in [0.25, 0.3) is 0 Å². The Balaban J connectivity index is 1.61. The second kappa shape index (κ2) is 16.3. The van der Waals surface area contributed by atoms with Crippen LogP contribution in [-0.4, -0.2) is 15.2 Å². The predicted octanol–water partition coefficient (Wildman–Crippen LogP) is 9.81. The van der Waals surface area contributed by atoms with Crippen molar-refractivity contribution >= 4 is 19.3 Å². The van der Waals surface area contributed by atoms with Crippen LogP contribution in [0, 0.1) is 0 Å². The first kappa shape index (κ1) is 26.9. The molecule has 2 aromatic carbocycles. The van der Waals surface area contributed by atoms with Crippen LogP contribution in [0.4, 0.5) is 0 Å². The summed E-state index contributed by atoms with van der Waals surface area (Å²) >= 11 is 0. The van der Waals surface area contributed by atoms with Crippen molar-refractivity contribution < 1.29 is 8.85 Å². The number of benzene rings is 2. The van der Waals surface area contributed by atoms with Crippen LogP contribution in [0.2, 0.25) is 12.1 Å². The van der Waals surface area contributed by atoms with Gasteiger partial charge >= 0.3 is 8.56 Å². The molecule has 0 heterocycles. The molecule has 0 aliphatic heterocycles. The molecule has 0 spiro atoms. The third-order valence-corrected chi connectivity index (χ3v) is 10.2. The second-order valence-corrected chi connectivity index (χ2v) is 13.0. The summed E-state index contributed by atoms with van der Waals surface area (Å²) < 4.78 is 13.1. The number of hydrogen-bond donors (Lipinski definition) is 0. The van der Waals surface area contributed by atoms with Crippen molar-refractivity contribution in [2.45, 2.75) is 116 Å². The van der Waals surface area contributed by atoms with E-state index in [1.165, 1.54) is 87.8 Å². The summed E-state index contributed by atoms with van der Waals surface area (Å²) in [5.41, 5.74) is 0. The van der Waals surface area contributed by atoms with Gasteiger partial charge in [0.05, 0.1) is 0 Å². The number of rotatable bonds is 19. The van der Waals surface area contributed by atoms with E-state index in [9.17, 15) is 0 Å². The van der Waals surface area contributed by atoms with Gasteiger partial charge in [-0.1, -0.05) is 134 Å². The Bertz CT molecular complexity index is 721. The molecular weight excluding hydrogens is 408 g/mol. The van der Waals surface area contributed by atoms with Crippen LogP contribution in [0.3, 0.4) is 0 Å². The van der Waals surface area contributed by atoms with Gasteiger partial charge in [0.15, 0.2) is 0 Å². The van der Waals surface area contributed by atoms with E-state index in [1.807, 2.05) is 0 Å². The van der Waals surface area contributed by atoms with E-state index in [1.54, 1.807) is 0 Å². The summed E-state index contributed by atoms with van der Waals surface area (Å²) in [6.07, 6.45) is 18.0. The Morgan fingerprint density at radius 1 is 0.594 bits per heavy atom. The van der Waals surface area contributed by atoms with E-state index in [-0.39, 0.29) is 0 Å². The highest BCUT2D eigenvalue weighted by molar-refractivity contribution is 6.68. The molecule has 2 aromatic rings. The van der Waals surface area contributed by atoms with Gasteiger partial charge in [0, 0.05) is 12.0 Å². The lowest BCUT2D eigenvalue weighted by molar-refractivity contribution is 0.231. The molecule has 0 atom stereocenters. The summed E-state index contributed by atoms with van der Waals surface area (Å²) in [5.74, 6) is 0.990. The Kier molecular flexibility index (Phi) is 13.7. The zero-order valence-electron chi connectivity index (χ0n) is 21.2. The lowest BCUT2D eigenvalue weighted by Crippen LogP contribution is -2.44.